The second-order valence-corrected chi connectivity index (χ2v) is 2.76. The van der Waals surface area contributed by atoms with E-state index in [0.29, 0.717) is 23.6 Å². The van der Waals surface area contributed by atoms with E-state index in [1.165, 1.54) is 0 Å². The van der Waals surface area contributed by atoms with E-state index in [2.05, 4.69) is 15.2 Å². The summed E-state index contributed by atoms with van der Waals surface area (Å²) in [6.45, 7) is 0.292. The molecule has 0 atom stereocenters. The quantitative estimate of drug-likeness (QED) is 0.746. The molecular formula is C9H10N4O. The lowest BCUT2D eigenvalue weighted by Gasteiger charge is -2.03. The van der Waals surface area contributed by atoms with Crippen LogP contribution in [0, 0.1) is 0 Å². The van der Waals surface area contributed by atoms with Crippen LogP contribution >= 0.6 is 0 Å². The number of nitrogens with two attached hydrogens (primary N) is 1. The molecule has 0 amide bonds. The van der Waals surface area contributed by atoms with Gasteiger partial charge in [0.15, 0.2) is 11.3 Å². The van der Waals surface area contributed by atoms with Crippen molar-refractivity contribution in [3.8, 4) is 5.75 Å². The molecule has 5 nitrogen and oxygen atoms in total. The molecule has 0 fully saturated rings. The first kappa shape index (κ1) is 8.83. The Hall–Kier alpha value is -1.75. The van der Waals surface area contributed by atoms with Gasteiger partial charge in [0.1, 0.15) is 5.75 Å². The van der Waals surface area contributed by atoms with Crippen LogP contribution < -0.4 is 10.5 Å². The van der Waals surface area contributed by atoms with Crippen LogP contribution in [0.5, 0.6) is 5.75 Å². The number of methoxy groups -OCH3 is 1. The minimum Gasteiger partial charge on any atom is -0.494 e. The lowest BCUT2D eigenvalue weighted by molar-refractivity contribution is 0.418. The molecule has 0 aliphatic heterocycles. The van der Waals surface area contributed by atoms with Crippen molar-refractivity contribution in [2.75, 3.05) is 7.11 Å². The molecule has 1 heterocycles. The van der Waals surface area contributed by atoms with E-state index < -0.39 is 0 Å². The van der Waals surface area contributed by atoms with Crippen molar-refractivity contribution in [2.45, 2.75) is 6.54 Å². The SMILES string of the molecule is COc1cccc2nc(CN)nnc12. The van der Waals surface area contributed by atoms with Crippen LogP contribution in [0.15, 0.2) is 18.2 Å². The van der Waals surface area contributed by atoms with E-state index in [1.807, 2.05) is 18.2 Å². The molecule has 1 aromatic carbocycles. The van der Waals surface area contributed by atoms with Gasteiger partial charge in [-0.25, -0.2) is 4.98 Å². The molecular weight excluding hydrogens is 180 g/mol. The van der Waals surface area contributed by atoms with E-state index in [-0.39, 0.29) is 0 Å². The third kappa shape index (κ3) is 1.38. The Morgan fingerprint density at radius 2 is 2.21 bits per heavy atom. The van der Waals surface area contributed by atoms with Crippen LogP contribution in [-0.4, -0.2) is 22.3 Å². The summed E-state index contributed by atoms with van der Waals surface area (Å²) in [6.07, 6.45) is 0. The Morgan fingerprint density at radius 3 is 2.93 bits per heavy atom. The van der Waals surface area contributed by atoms with Crippen molar-refractivity contribution in [2.24, 2.45) is 5.73 Å². The van der Waals surface area contributed by atoms with Crippen LogP contribution in [0.25, 0.3) is 11.0 Å². The molecule has 1 aromatic heterocycles. The van der Waals surface area contributed by atoms with Crippen molar-refractivity contribution in [3.05, 3.63) is 24.0 Å². The molecule has 0 bridgehead atoms. The van der Waals surface area contributed by atoms with Crippen LogP contribution in [0.3, 0.4) is 0 Å². The maximum Gasteiger partial charge on any atom is 0.165 e. The van der Waals surface area contributed by atoms with Gasteiger partial charge in [-0.15, -0.1) is 10.2 Å². The maximum atomic E-state index is 5.42. The first-order chi connectivity index (χ1) is 6.85. The van der Waals surface area contributed by atoms with Gasteiger partial charge in [-0.2, -0.15) is 0 Å². The topological polar surface area (TPSA) is 73.9 Å². The average Bonchev–Trinajstić information content (AvgIpc) is 2.27. The Bertz CT molecular complexity index is 458. The first-order valence-corrected chi connectivity index (χ1v) is 4.21. The molecule has 0 unspecified atom stereocenters. The summed E-state index contributed by atoms with van der Waals surface area (Å²) in [6, 6.07) is 5.53. The lowest BCUT2D eigenvalue weighted by Crippen LogP contribution is -2.05. The molecule has 2 rings (SSSR count). The summed E-state index contributed by atoms with van der Waals surface area (Å²) in [5, 5.41) is 7.87. The Kier molecular flexibility index (Phi) is 2.24. The average molecular weight is 190 g/mol. The molecule has 72 valence electrons. The van der Waals surface area contributed by atoms with Crippen molar-refractivity contribution in [3.63, 3.8) is 0 Å². The summed E-state index contributed by atoms with van der Waals surface area (Å²) in [5.41, 5.74) is 6.82. The third-order valence-corrected chi connectivity index (χ3v) is 1.90. The summed E-state index contributed by atoms with van der Waals surface area (Å²) >= 11 is 0. The summed E-state index contributed by atoms with van der Waals surface area (Å²) < 4.78 is 5.13. The van der Waals surface area contributed by atoms with Gasteiger partial charge >= 0.3 is 0 Å². The highest BCUT2D eigenvalue weighted by Gasteiger charge is 2.04. The van der Waals surface area contributed by atoms with Crippen LogP contribution in [0.1, 0.15) is 5.82 Å². The zero-order valence-electron chi connectivity index (χ0n) is 7.77. The van der Waals surface area contributed by atoms with Crippen molar-refractivity contribution >= 4 is 11.0 Å². The van der Waals surface area contributed by atoms with E-state index in [0.717, 1.165) is 5.52 Å². The van der Waals surface area contributed by atoms with Gasteiger partial charge in [0.25, 0.3) is 0 Å². The number of rotatable bonds is 2. The second kappa shape index (κ2) is 3.55. The van der Waals surface area contributed by atoms with E-state index in [4.69, 9.17) is 10.5 Å². The monoisotopic (exact) mass is 190 g/mol. The standard InChI is InChI=1S/C9H10N4O/c1-14-7-4-2-3-6-9(7)13-12-8(5-10)11-6/h2-4H,5,10H2,1H3. The van der Waals surface area contributed by atoms with Gasteiger partial charge in [-0.3, -0.25) is 0 Å². The van der Waals surface area contributed by atoms with Crippen molar-refractivity contribution < 1.29 is 4.74 Å². The van der Waals surface area contributed by atoms with E-state index in [9.17, 15) is 0 Å². The molecule has 0 radical (unpaired) electrons. The number of benzene rings is 1. The second-order valence-electron chi connectivity index (χ2n) is 2.76. The number of aromatic nitrogens is 3. The van der Waals surface area contributed by atoms with Gasteiger partial charge in [0, 0.05) is 0 Å². The minimum absolute atomic E-state index is 0.292. The fraction of sp³-hybridized carbons (Fsp3) is 0.222. The normalized spacial score (nSPS) is 10.4. The van der Waals surface area contributed by atoms with Crippen LogP contribution in [-0.2, 0) is 6.54 Å². The van der Waals surface area contributed by atoms with Crippen LogP contribution in [0.4, 0.5) is 0 Å². The Balaban J connectivity index is 2.67. The lowest BCUT2D eigenvalue weighted by atomic mass is 10.3. The molecule has 2 N–H and O–H groups in total. The number of ether oxygens (including phenoxy) is 1. The highest BCUT2D eigenvalue weighted by Crippen LogP contribution is 2.20. The van der Waals surface area contributed by atoms with Gasteiger partial charge in [-0.05, 0) is 12.1 Å². The molecule has 0 saturated carbocycles. The Morgan fingerprint density at radius 1 is 1.36 bits per heavy atom. The zero-order valence-corrected chi connectivity index (χ0v) is 7.77. The fourth-order valence-electron chi connectivity index (χ4n) is 1.22. The molecule has 0 saturated heterocycles. The maximum absolute atomic E-state index is 5.42. The third-order valence-electron chi connectivity index (χ3n) is 1.90. The summed E-state index contributed by atoms with van der Waals surface area (Å²) in [7, 11) is 1.59. The number of fused-ring (bicyclic) bond motifs is 1. The molecule has 2 aromatic rings. The largest absolute Gasteiger partial charge is 0.494 e. The highest BCUT2D eigenvalue weighted by molar-refractivity contribution is 5.80. The predicted octanol–water partition coefficient (Wildman–Crippen LogP) is 0.492. The minimum atomic E-state index is 0.292. The summed E-state index contributed by atoms with van der Waals surface area (Å²) in [5.74, 6) is 1.21. The first-order valence-electron chi connectivity index (χ1n) is 4.21. The van der Waals surface area contributed by atoms with Gasteiger partial charge in [-0.1, -0.05) is 6.07 Å². The molecule has 0 spiro atoms. The zero-order chi connectivity index (χ0) is 9.97. The van der Waals surface area contributed by atoms with E-state index in [1.54, 1.807) is 7.11 Å². The van der Waals surface area contributed by atoms with Gasteiger partial charge in [0.05, 0.1) is 19.2 Å². The molecule has 0 aliphatic rings. The number of hydrogen-bond acceptors (Lipinski definition) is 5. The smallest absolute Gasteiger partial charge is 0.165 e. The Labute approximate surface area is 80.9 Å². The molecule has 5 heteroatoms. The molecule has 14 heavy (non-hydrogen) atoms. The highest BCUT2D eigenvalue weighted by atomic mass is 16.5. The fourth-order valence-corrected chi connectivity index (χ4v) is 1.22. The van der Waals surface area contributed by atoms with Crippen molar-refractivity contribution in [1.29, 1.82) is 0 Å². The predicted molar refractivity (Wildman–Crippen MR) is 51.8 cm³/mol. The summed E-state index contributed by atoms with van der Waals surface area (Å²) in [4.78, 5) is 4.22. The number of hydrogen-bond donors (Lipinski definition) is 1. The van der Waals surface area contributed by atoms with Crippen molar-refractivity contribution in [1.82, 2.24) is 15.2 Å². The number of nitrogens with zero attached hydrogens (tertiary/aromatic N) is 3. The van der Waals surface area contributed by atoms with Gasteiger partial charge in [0.2, 0.25) is 0 Å². The molecule has 0 aliphatic carbocycles. The van der Waals surface area contributed by atoms with Gasteiger partial charge < -0.3 is 10.5 Å². The van der Waals surface area contributed by atoms with Crippen LogP contribution in [0.2, 0.25) is 0 Å². The van der Waals surface area contributed by atoms with E-state index >= 15 is 0 Å².